The van der Waals surface area contributed by atoms with Gasteiger partial charge in [0.2, 0.25) is 5.95 Å². The van der Waals surface area contributed by atoms with Gasteiger partial charge in [0, 0.05) is 13.1 Å². The summed E-state index contributed by atoms with van der Waals surface area (Å²) < 4.78 is 2.20. The Labute approximate surface area is 83.8 Å². The zero-order valence-electron chi connectivity index (χ0n) is 8.78. The lowest BCUT2D eigenvalue weighted by Crippen LogP contribution is -2.05. The molecule has 74 valence electrons. The van der Waals surface area contributed by atoms with Crippen LogP contribution in [0.4, 0.5) is 5.95 Å². The maximum absolute atomic E-state index is 4.50. The SMILES string of the molecule is CNc1nc2ccccc2n1C(C)C. The number of nitrogens with one attached hydrogen (secondary N) is 1. The summed E-state index contributed by atoms with van der Waals surface area (Å²) in [5.74, 6) is 0.932. The van der Waals surface area contributed by atoms with Crippen LogP contribution in [0.5, 0.6) is 0 Å². The highest BCUT2D eigenvalue weighted by atomic mass is 15.2. The summed E-state index contributed by atoms with van der Waals surface area (Å²) >= 11 is 0. The number of hydrogen-bond donors (Lipinski definition) is 1. The minimum absolute atomic E-state index is 0.421. The Morgan fingerprint density at radius 3 is 2.64 bits per heavy atom. The monoisotopic (exact) mass is 189 g/mol. The van der Waals surface area contributed by atoms with E-state index in [0.717, 1.165) is 11.5 Å². The molecule has 3 nitrogen and oxygen atoms in total. The van der Waals surface area contributed by atoms with Gasteiger partial charge in [-0.05, 0) is 26.0 Å². The molecule has 0 aliphatic rings. The second-order valence-corrected chi connectivity index (χ2v) is 3.64. The number of hydrogen-bond acceptors (Lipinski definition) is 2. The van der Waals surface area contributed by atoms with Crippen molar-refractivity contribution >= 4 is 17.0 Å². The molecule has 0 saturated carbocycles. The number of anilines is 1. The first-order chi connectivity index (χ1) is 6.74. The van der Waals surface area contributed by atoms with Crippen LogP contribution in [0.25, 0.3) is 11.0 Å². The van der Waals surface area contributed by atoms with Gasteiger partial charge in [-0.2, -0.15) is 0 Å². The van der Waals surface area contributed by atoms with Crippen molar-refractivity contribution in [2.45, 2.75) is 19.9 Å². The number of benzene rings is 1. The zero-order chi connectivity index (χ0) is 10.1. The van der Waals surface area contributed by atoms with Crippen molar-refractivity contribution in [3.8, 4) is 0 Å². The fraction of sp³-hybridized carbons (Fsp3) is 0.364. The van der Waals surface area contributed by atoms with Crippen LogP contribution < -0.4 is 5.32 Å². The molecular formula is C11H15N3. The molecule has 0 aliphatic carbocycles. The predicted molar refractivity (Wildman–Crippen MR) is 59.7 cm³/mol. The van der Waals surface area contributed by atoms with Gasteiger partial charge in [0.05, 0.1) is 11.0 Å². The van der Waals surface area contributed by atoms with Crippen molar-refractivity contribution in [3.05, 3.63) is 24.3 Å². The molecule has 0 amide bonds. The van der Waals surface area contributed by atoms with E-state index in [1.807, 2.05) is 25.2 Å². The van der Waals surface area contributed by atoms with Gasteiger partial charge in [-0.3, -0.25) is 0 Å². The van der Waals surface area contributed by atoms with Gasteiger partial charge in [0.15, 0.2) is 0 Å². The van der Waals surface area contributed by atoms with E-state index in [-0.39, 0.29) is 0 Å². The largest absolute Gasteiger partial charge is 0.359 e. The average Bonchev–Trinajstić information content (AvgIpc) is 2.55. The van der Waals surface area contributed by atoms with Gasteiger partial charge in [-0.25, -0.2) is 4.98 Å². The fourth-order valence-electron chi connectivity index (χ4n) is 1.74. The third-order valence-electron chi connectivity index (χ3n) is 2.34. The van der Waals surface area contributed by atoms with Gasteiger partial charge in [-0.1, -0.05) is 12.1 Å². The Morgan fingerprint density at radius 2 is 2.00 bits per heavy atom. The molecule has 2 aromatic rings. The Balaban J connectivity index is 2.74. The van der Waals surface area contributed by atoms with Crippen molar-refractivity contribution in [1.82, 2.24) is 9.55 Å². The molecule has 0 aliphatic heterocycles. The molecule has 14 heavy (non-hydrogen) atoms. The van der Waals surface area contributed by atoms with Crippen LogP contribution in [0, 0.1) is 0 Å². The molecule has 2 rings (SSSR count). The van der Waals surface area contributed by atoms with E-state index in [4.69, 9.17) is 0 Å². The molecule has 0 unspecified atom stereocenters. The lowest BCUT2D eigenvalue weighted by Gasteiger charge is -2.11. The zero-order valence-corrected chi connectivity index (χ0v) is 8.78. The summed E-state index contributed by atoms with van der Waals surface area (Å²) in [5, 5.41) is 3.12. The van der Waals surface area contributed by atoms with Crippen molar-refractivity contribution in [2.24, 2.45) is 0 Å². The first-order valence-corrected chi connectivity index (χ1v) is 4.88. The number of aromatic nitrogens is 2. The van der Waals surface area contributed by atoms with Crippen LogP contribution in [0.2, 0.25) is 0 Å². The minimum Gasteiger partial charge on any atom is -0.359 e. The first kappa shape index (κ1) is 9.06. The summed E-state index contributed by atoms with van der Waals surface area (Å²) in [4.78, 5) is 4.50. The lowest BCUT2D eigenvalue weighted by molar-refractivity contribution is 0.624. The van der Waals surface area contributed by atoms with Crippen LogP contribution in [-0.2, 0) is 0 Å². The van der Waals surface area contributed by atoms with Crippen molar-refractivity contribution in [2.75, 3.05) is 12.4 Å². The second kappa shape index (κ2) is 3.33. The van der Waals surface area contributed by atoms with E-state index in [0.29, 0.717) is 6.04 Å². The fourth-order valence-corrected chi connectivity index (χ4v) is 1.74. The topological polar surface area (TPSA) is 29.9 Å². The molecule has 3 heteroatoms. The molecule has 0 radical (unpaired) electrons. The standard InChI is InChI=1S/C11H15N3/c1-8(2)14-10-7-5-4-6-9(10)13-11(14)12-3/h4-8H,1-3H3,(H,12,13). The summed E-state index contributed by atoms with van der Waals surface area (Å²) in [6.07, 6.45) is 0. The van der Waals surface area contributed by atoms with Crippen LogP contribution >= 0.6 is 0 Å². The average molecular weight is 189 g/mol. The molecule has 1 N–H and O–H groups in total. The van der Waals surface area contributed by atoms with Gasteiger partial charge in [0.25, 0.3) is 0 Å². The molecule has 0 saturated heterocycles. The van der Waals surface area contributed by atoms with Crippen molar-refractivity contribution in [1.29, 1.82) is 0 Å². The molecule has 0 fully saturated rings. The van der Waals surface area contributed by atoms with E-state index in [2.05, 4.69) is 34.8 Å². The molecule has 1 heterocycles. The van der Waals surface area contributed by atoms with E-state index in [1.54, 1.807) is 0 Å². The summed E-state index contributed by atoms with van der Waals surface area (Å²) in [5.41, 5.74) is 2.23. The second-order valence-electron chi connectivity index (χ2n) is 3.64. The van der Waals surface area contributed by atoms with E-state index in [1.165, 1.54) is 5.52 Å². The molecule has 0 bridgehead atoms. The van der Waals surface area contributed by atoms with Crippen LogP contribution in [0.3, 0.4) is 0 Å². The Hall–Kier alpha value is -1.51. The third kappa shape index (κ3) is 1.25. The van der Waals surface area contributed by atoms with Gasteiger partial charge in [-0.15, -0.1) is 0 Å². The number of para-hydroxylation sites is 2. The Bertz CT molecular complexity index is 443. The van der Waals surface area contributed by atoms with Crippen LogP contribution in [-0.4, -0.2) is 16.6 Å². The van der Waals surface area contributed by atoms with Gasteiger partial charge in [0.1, 0.15) is 0 Å². The number of imidazole rings is 1. The highest BCUT2D eigenvalue weighted by Crippen LogP contribution is 2.23. The Morgan fingerprint density at radius 1 is 1.29 bits per heavy atom. The molecule has 1 aromatic heterocycles. The van der Waals surface area contributed by atoms with Gasteiger partial charge >= 0.3 is 0 Å². The minimum atomic E-state index is 0.421. The summed E-state index contributed by atoms with van der Waals surface area (Å²) in [6, 6.07) is 8.62. The van der Waals surface area contributed by atoms with Crippen LogP contribution in [0.15, 0.2) is 24.3 Å². The van der Waals surface area contributed by atoms with E-state index < -0.39 is 0 Å². The van der Waals surface area contributed by atoms with Gasteiger partial charge < -0.3 is 9.88 Å². The predicted octanol–water partition coefficient (Wildman–Crippen LogP) is 2.66. The van der Waals surface area contributed by atoms with E-state index in [9.17, 15) is 0 Å². The highest BCUT2D eigenvalue weighted by Gasteiger charge is 2.10. The molecule has 0 atom stereocenters. The highest BCUT2D eigenvalue weighted by molar-refractivity contribution is 5.78. The smallest absolute Gasteiger partial charge is 0.203 e. The molecule has 0 spiro atoms. The van der Waals surface area contributed by atoms with Crippen LogP contribution in [0.1, 0.15) is 19.9 Å². The normalized spacial score (nSPS) is 11.1. The van der Waals surface area contributed by atoms with E-state index >= 15 is 0 Å². The first-order valence-electron chi connectivity index (χ1n) is 4.88. The third-order valence-corrected chi connectivity index (χ3v) is 2.34. The number of fused-ring (bicyclic) bond motifs is 1. The number of rotatable bonds is 2. The molecular weight excluding hydrogens is 174 g/mol. The lowest BCUT2D eigenvalue weighted by atomic mass is 10.3. The van der Waals surface area contributed by atoms with Crippen molar-refractivity contribution < 1.29 is 0 Å². The molecule has 1 aromatic carbocycles. The number of nitrogens with zero attached hydrogens (tertiary/aromatic N) is 2. The quantitative estimate of drug-likeness (QED) is 0.787. The van der Waals surface area contributed by atoms with Crippen molar-refractivity contribution in [3.63, 3.8) is 0 Å². The summed E-state index contributed by atoms with van der Waals surface area (Å²) in [6.45, 7) is 4.32. The maximum Gasteiger partial charge on any atom is 0.203 e. The summed E-state index contributed by atoms with van der Waals surface area (Å²) in [7, 11) is 1.90. The maximum atomic E-state index is 4.50. The Kier molecular flexibility index (Phi) is 2.15.